The van der Waals surface area contributed by atoms with E-state index in [1.165, 1.54) is 21.3 Å². The van der Waals surface area contributed by atoms with E-state index in [2.05, 4.69) is 5.32 Å². The molecule has 0 aromatic heterocycles. The second-order valence-corrected chi connectivity index (χ2v) is 5.64. The lowest BCUT2D eigenvalue weighted by atomic mass is 10.1. The summed E-state index contributed by atoms with van der Waals surface area (Å²) in [6.07, 6.45) is 0.125. The van der Waals surface area contributed by atoms with Crippen molar-refractivity contribution in [2.45, 2.75) is 6.42 Å². The largest absolute Gasteiger partial charge is 0.493 e. The molecule has 144 valence electrons. The molecule has 1 N–H and O–H groups in total. The van der Waals surface area contributed by atoms with Crippen molar-refractivity contribution in [1.82, 2.24) is 5.32 Å². The third kappa shape index (κ3) is 5.13. The number of carbonyl (C=O) groups is 2. The molecule has 27 heavy (non-hydrogen) atoms. The Hall–Kier alpha value is -3.22. The van der Waals surface area contributed by atoms with Gasteiger partial charge in [-0.1, -0.05) is 6.07 Å². The molecule has 0 aliphatic carbocycles. The quantitative estimate of drug-likeness (QED) is 0.679. The van der Waals surface area contributed by atoms with E-state index in [4.69, 9.17) is 18.9 Å². The number of carbonyl (C=O) groups excluding carboxylic acids is 2. The molecule has 2 aromatic carbocycles. The highest BCUT2D eigenvalue weighted by atomic mass is 16.5. The zero-order valence-corrected chi connectivity index (χ0v) is 15.8. The van der Waals surface area contributed by atoms with Crippen molar-refractivity contribution in [3.8, 4) is 23.0 Å². The number of ketones is 1. The van der Waals surface area contributed by atoms with Crippen LogP contribution in [0.3, 0.4) is 0 Å². The smallest absolute Gasteiger partial charge is 0.224 e. The number of nitrogens with one attached hydrogen (secondary N) is 1. The van der Waals surface area contributed by atoms with Gasteiger partial charge in [0.2, 0.25) is 5.91 Å². The second kappa shape index (κ2) is 9.47. The number of benzene rings is 2. The van der Waals surface area contributed by atoms with E-state index >= 15 is 0 Å². The summed E-state index contributed by atoms with van der Waals surface area (Å²) in [5.74, 6) is 1.63. The van der Waals surface area contributed by atoms with Gasteiger partial charge in [-0.3, -0.25) is 9.59 Å². The molecule has 2 aromatic rings. The summed E-state index contributed by atoms with van der Waals surface area (Å²) in [5, 5.41) is 2.63. The summed E-state index contributed by atoms with van der Waals surface area (Å²) < 4.78 is 20.7. The summed E-state index contributed by atoms with van der Waals surface area (Å²) in [7, 11) is 6.10. The highest BCUT2D eigenvalue weighted by Crippen LogP contribution is 2.28. The van der Waals surface area contributed by atoms with Gasteiger partial charge in [-0.05, 0) is 35.9 Å². The number of hydrogen-bond acceptors (Lipinski definition) is 6. The predicted molar refractivity (Wildman–Crippen MR) is 100 cm³/mol. The van der Waals surface area contributed by atoms with Crippen LogP contribution < -0.4 is 24.3 Å². The maximum absolute atomic E-state index is 12.3. The van der Waals surface area contributed by atoms with Gasteiger partial charge in [-0.15, -0.1) is 0 Å². The van der Waals surface area contributed by atoms with Gasteiger partial charge in [0.1, 0.15) is 0 Å². The zero-order valence-electron chi connectivity index (χ0n) is 15.8. The normalized spacial score (nSPS) is 10.1. The van der Waals surface area contributed by atoms with Crippen LogP contribution in [-0.2, 0) is 11.2 Å². The summed E-state index contributed by atoms with van der Waals surface area (Å²) in [4.78, 5) is 24.5. The van der Waals surface area contributed by atoms with Crippen LogP contribution in [-0.4, -0.2) is 46.7 Å². The lowest BCUT2D eigenvalue weighted by Gasteiger charge is -2.11. The maximum Gasteiger partial charge on any atom is 0.224 e. The van der Waals surface area contributed by atoms with Crippen LogP contribution in [0.2, 0.25) is 0 Å². The average molecular weight is 373 g/mol. The molecule has 0 aliphatic heterocycles. The number of ether oxygens (including phenoxy) is 4. The Balaban J connectivity index is 1.96. The van der Waals surface area contributed by atoms with Crippen molar-refractivity contribution in [1.29, 1.82) is 0 Å². The van der Waals surface area contributed by atoms with E-state index in [9.17, 15) is 9.59 Å². The van der Waals surface area contributed by atoms with Crippen molar-refractivity contribution in [3.05, 3.63) is 47.5 Å². The van der Waals surface area contributed by atoms with Gasteiger partial charge in [0, 0.05) is 5.56 Å². The van der Waals surface area contributed by atoms with Crippen molar-refractivity contribution in [3.63, 3.8) is 0 Å². The van der Waals surface area contributed by atoms with Crippen molar-refractivity contribution in [2.75, 3.05) is 35.0 Å². The van der Waals surface area contributed by atoms with Crippen LogP contribution in [0.5, 0.6) is 23.0 Å². The molecule has 0 heterocycles. The molecule has 1 amide bonds. The Kier molecular flexibility index (Phi) is 7.05. The molecule has 0 spiro atoms. The van der Waals surface area contributed by atoms with E-state index < -0.39 is 0 Å². The fourth-order valence-electron chi connectivity index (χ4n) is 2.53. The van der Waals surface area contributed by atoms with E-state index in [0.29, 0.717) is 28.6 Å². The third-order valence-corrected chi connectivity index (χ3v) is 3.96. The fraction of sp³-hybridized carbons (Fsp3) is 0.300. The SMILES string of the molecule is COc1ccc(CC(=O)NCC(=O)c2ccc(OC)c(OC)c2)cc1OC. The molecule has 0 fully saturated rings. The minimum absolute atomic E-state index is 0.110. The Morgan fingerprint density at radius 1 is 0.778 bits per heavy atom. The van der Waals surface area contributed by atoms with Crippen LogP contribution in [0.25, 0.3) is 0 Å². The van der Waals surface area contributed by atoms with E-state index in [-0.39, 0.29) is 24.7 Å². The average Bonchev–Trinajstić information content (AvgIpc) is 2.71. The molecule has 0 bridgehead atoms. The van der Waals surface area contributed by atoms with Gasteiger partial charge in [0.05, 0.1) is 41.4 Å². The van der Waals surface area contributed by atoms with Crippen molar-refractivity contribution < 1.29 is 28.5 Å². The zero-order chi connectivity index (χ0) is 19.8. The summed E-state index contributed by atoms with van der Waals surface area (Å²) in [5.41, 5.74) is 1.18. The Bertz CT molecular complexity index is 818. The molecule has 0 saturated heterocycles. The fourth-order valence-corrected chi connectivity index (χ4v) is 2.53. The molecule has 0 atom stereocenters. The molecule has 7 heteroatoms. The summed E-state index contributed by atoms with van der Waals surface area (Å²) in [6.45, 7) is -0.110. The number of Topliss-reactive ketones (excluding diaryl/α,β-unsaturated/α-hetero) is 1. The monoisotopic (exact) mass is 373 g/mol. The predicted octanol–water partition coefficient (Wildman–Crippen LogP) is 2.26. The van der Waals surface area contributed by atoms with Crippen LogP contribution >= 0.6 is 0 Å². The Morgan fingerprint density at radius 2 is 1.33 bits per heavy atom. The first-order valence-corrected chi connectivity index (χ1v) is 8.25. The lowest BCUT2D eigenvalue weighted by Crippen LogP contribution is -2.30. The number of rotatable bonds is 9. The number of hydrogen-bond donors (Lipinski definition) is 1. The molecule has 0 saturated carbocycles. The van der Waals surface area contributed by atoms with Crippen LogP contribution in [0.1, 0.15) is 15.9 Å². The molecule has 0 unspecified atom stereocenters. The topological polar surface area (TPSA) is 83.1 Å². The highest BCUT2D eigenvalue weighted by Gasteiger charge is 2.13. The van der Waals surface area contributed by atoms with E-state index in [1.807, 2.05) is 0 Å². The van der Waals surface area contributed by atoms with E-state index in [0.717, 1.165) is 5.56 Å². The van der Waals surface area contributed by atoms with Crippen molar-refractivity contribution in [2.24, 2.45) is 0 Å². The Labute approximate surface area is 158 Å². The van der Waals surface area contributed by atoms with Gasteiger partial charge in [0.25, 0.3) is 0 Å². The van der Waals surface area contributed by atoms with Crippen molar-refractivity contribution >= 4 is 11.7 Å². The maximum atomic E-state index is 12.3. The van der Waals surface area contributed by atoms with Crippen LogP contribution in [0.15, 0.2) is 36.4 Å². The van der Waals surface area contributed by atoms with E-state index in [1.54, 1.807) is 43.5 Å². The molecular weight excluding hydrogens is 350 g/mol. The minimum atomic E-state index is -0.268. The first-order valence-electron chi connectivity index (χ1n) is 8.25. The van der Waals surface area contributed by atoms with Gasteiger partial charge in [0.15, 0.2) is 28.8 Å². The first kappa shape index (κ1) is 20.1. The van der Waals surface area contributed by atoms with Gasteiger partial charge >= 0.3 is 0 Å². The minimum Gasteiger partial charge on any atom is -0.493 e. The highest BCUT2D eigenvalue weighted by molar-refractivity contribution is 6.00. The second-order valence-electron chi connectivity index (χ2n) is 5.64. The van der Waals surface area contributed by atoms with Gasteiger partial charge < -0.3 is 24.3 Å². The summed E-state index contributed by atoms with van der Waals surface area (Å²) >= 11 is 0. The molecule has 2 rings (SSSR count). The molecule has 0 radical (unpaired) electrons. The Morgan fingerprint density at radius 3 is 1.93 bits per heavy atom. The number of methoxy groups -OCH3 is 4. The lowest BCUT2D eigenvalue weighted by molar-refractivity contribution is -0.120. The third-order valence-electron chi connectivity index (χ3n) is 3.96. The standard InChI is InChI=1S/C20H23NO6/c1-24-16-7-5-13(9-18(16)26-3)10-20(23)21-12-15(22)14-6-8-17(25-2)19(11-14)27-4/h5-9,11H,10,12H2,1-4H3,(H,21,23). The van der Waals surface area contributed by atoms with Crippen LogP contribution in [0.4, 0.5) is 0 Å². The molecular formula is C20H23NO6. The summed E-state index contributed by atoms with van der Waals surface area (Å²) in [6, 6.07) is 10.1. The van der Waals surface area contributed by atoms with Gasteiger partial charge in [-0.25, -0.2) is 0 Å². The van der Waals surface area contributed by atoms with Crippen LogP contribution in [0, 0.1) is 0 Å². The first-order chi connectivity index (χ1) is 13.0. The molecule has 0 aliphatic rings. The molecule has 7 nitrogen and oxygen atoms in total. The number of amides is 1. The van der Waals surface area contributed by atoms with Gasteiger partial charge in [-0.2, -0.15) is 0 Å².